The van der Waals surface area contributed by atoms with E-state index in [-0.39, 0.29) is 5.56 Å². The highest BCUT2D eigenvalue weighted by molar-refractivity contribution is 7.21. The van der Waals surface area contributed by atoms with Crippen molar-refractivity contribution in [2.24, 2.45) is 0 Å². The molecule has 0 saturated heterocycles. The monoisotopic (exact) mass is 270 g/mol. The first-order valence-electron chi connectivity index (χ1n) is 5.71. The minimum atomic E-state index is -0.925. The first kappa shape index (κ1) is 11.8. The van der Waals surface area contributed by atoms with Gasteiger partial charge in [0, 0.05) is 5.69 Å². The maximum atomic E-state index is 10.9. The van der Waals surface area contributed by atoms with Crippen molar-refractivity contribution in [3.8, 4) is 10.7 Å². The number of aryl methyl sites for hydroxylation is 1. The number of fused-ring (bicyclic) bond motifs is 1. The number of thiazole rings is 1. The lowest BCUT2D eigenvalue weighted by Gasteiger charge is -1.95. The van der Waals surface area contributed by atoms with E-state index in [9.17, 15) is 4.79 Å². The zero-order valence-corrected chi connectivity index (χ0v) is 10.9. The second kappa shape index (κ2) is 4.44. The summed E-state index contributed by atoms with van der Waals surface area (Å²) >= 11 is 1.45. The van der Waals surface area contributed by atoms with Crippen molar-refractivity contribution in [1.29, 1.82) is 0 Å². The quantitative estimate of drug-likeness (QED) is 0.775. The van der Waals surface area contributed by atoms with Gasteiger partial charge in [-0.1, -0.05) is 6.07 Å². The highest BCUT2D eigenvalue weighted by Gasteiger charge is 2.10. The predicted octanol–water partition coefficient (Wildman–Crippen LogP) is 3.36. The van der Waals surface area contributed by atoms with Crippen LogP contribution in [0.25, 0.3) is 20.9 Å². The summed E-state index contributed by atoms with van der Waals surface area (Å²) in [5, 5.41) is 9.78. The van der Waals surface area contributed by atoms with E-state index < -0.39 is 5.97 Å². The zero-order chi connectivity index (χ0) is 13.4. The second-order valence-electron chi connectivity index (χ2n) is 4.17. The van der Waals surface area contributed by atoms with Gasteiger partial charge in [0.1, 0.15) is 5.01 Å². The van der Waals surface area contributed by atoms with Gasteiger partial charge in [0.05, 0.1) is 21.5 Å². The Kier molecular flexibility index (Phi) is 2.76. The van der Waals surface area contributed by atoms with Gasteiger partial charge in [-0.2, -0.15) is 0 Å². The van der Waals surface area contributed by atoms with Gasteiger partial charge in [-0.15, -0.1) is 11.3 Å². The number of carboxylic acids is 1. The first-order valence-corrected chi connectivity index (χ1v) is 6.53. The van der Waals surface area contributed by atoms with E-state index in [4.69, 9.17) is 5.11 Å². The van der Waals surface area contributed by atoms with Crippen LogP contribution < -0.4 is 0 Å². The van der Waals surface area contributed by atoms with Gasteiger partial charge >= 0.3 is 5.97 Å². The Labute approximate surface area is 113 Å². The molecule has 94 valence electrons. The molecule has 0 radical (unpaired) electrons. The molecule has 0 aliphatic heterocycles. The molecule has 0 aliphatic carbocycles. The van der Waals surface area contributed by atoms with Crippen LogP contribution in [0.4, 0.5) is 0 Å². The lowest BCUT2D eigenvalue weighted by molar-refractivity contribution is 0.0697. The number of carboxylic acid groups (broad SMARTS) is 1. The standard InChI is InChI=1S/C14H10N2O2S/c1-8-3-2-4-11(15-8)13-16-10-6-5-9(14(17)18)7-12(10)19-13/h2-7H,1H3,(H,17,18). The summed E-state index contributed by atoms with van der Waals surface area (Å²) in [5.74, 6) is -0.925. The van der Waals surface area contributed by atoms with Crippen molar-refractivity contribution in [2.75, 3.05) is 0 Å². The van der Waals surface area contributed by atoms with Gasteiger partial charge < -0.3 is 5.11 Å². The molecule has 3 aromatic rings. The molecule has 19 heavy (non-hydrogen) atoms. The highest BCUT2D eigenvalue weighted by atomic mass is 32.1. The third-order valence-corrected chi connectivity index (χ3v) is 3.78. The number of hydrogen-bond donors (Lipinski definition) is 1. The van der Waals surface area contributed by atoms with E-state index >= 15 is 0 Å². The molecular formula is C14H10N2O2S. The minimum Gasteiger partial charge on any atom is -0.478 e. The van der Waals surface area contributed by atoms with E-state index in [1.165, 1.54) is 11.3 Å². The first-order chi connectivity index (χ1) is 9.13. The fraction of sp³-hybridized carbons (Fsp3) is 0.0714. The van der Waals surface area contributed by atoms with Gasteiger partial charge in [-0.05, 0) is 37.3 Å². The zero-order valence-electron chi connectivity index (χ0n) is 10.1. The maximum Gasteiger partial charge on any atom is 0.335 e. The number of aromatic nitrogens is 2. The molecule has 0 aliphatic rings. The summed E-state index contributed by atoms with van der Waals surface area (Å²) in [4.78, 5) is 19.9. The van der Waals surface area contributed by atoms with Crippen LogP contribution in [0.3, 0.4) is 0 Å². The Morgan fingerprint density at radius 1 is 1.21 bits per heavy atom. The summed E-state index contributed by atoms with van der Waals surface area (Å²) in [6.45, 7) is 1.93. The number of aromatic carboxylic acids is 1. The van der Waals surface area contributed by atoms with E-state index in [1.807, 2.05) is 25.1 Å². The smallest absolute Gasteiger partial charge is 0.335 e. The summed E-state index contributed by atoms with van der Waals surface area (Å²) in [6.07, 6.45) is 0. The van der Waals surface area contributed by atoms with Crippen molar-refractivity contribution >= 4 is 27.5 Å². The number of pyridine rings is 1. The van der Waals surface area contributed by atoms with Crippen molar-refractivity contribution in [1.82, 2.24) is 9.97 Å². The average Bonchev–Trinajstić information content (AvgIpc) is 2.81. The number of benzene rings is 1. The van der Waals surface area contributed by atoms with Crippen LogP contribution in [0.1, 0.15) is 16.1 Å². The molecule has 5 heteroatoms. The van der Waals surface area contributed by atoms with E-state index in [2.05, 4.69) is 9.97 Å². The Bertz CT molecular complexity index is 780. The summed E-state index contributed by atoms with van der Waals surface area (Å²) in [6, 6.07) is 10.7. The second-order valence-corrected chi connectivity index (χ2v) is 5.20. The molecule has 0 amide bonds. The molecule has 1 aromatic carbocycles. The Balaban J connectivity index is 2.14. The summed E-state index contributed by atoms with van der Waals surface area (Å²) in [5.41, 5.74) is 2.83. The third-order valence-electron chi connectivity index (χ3n) is 2.74. The minimum absolute atomic E-state index is 0.278. The van der Waals surface area contributed by atoms with Crippen LogP contribution in [0.15, 0.2) is 36.4 Å². The Morgan fingerprint density at radius 2 is 2.05 bits per heavy atom. The predicted molar refractivity (Wildman–Crippen MR) is 74.5 cm³/mol. The van der Waals surface area contributed by atoms with Crippen LogP contribution >= 0.6 is 11.3 Å². The molecule has 2 aromatic heterocycles. The van der Waals surface area contributed by atoms with Crippen LogP contribution in [0.5, 0.6) is 0 Å². The van der Waals surface area contributed by atoms with Crippen molar-refractivity contribution in [3.63, 3.8) is 0 Å². The molecule has 0 unspecified atom stereocenters. The molecule has 4 nitrogen and oxygen atoms in total. The highest BCUT2D eigenvalue weighted by Crippen LogP contribution is 2.29. The van der Waals surface area contributed by atoms with Crippen LogP contribution in [0.2, 0.25) is 0 Å². The van der Waals surface area contributed by atoms with Crippen molar-refractivity contribution in [2.45, 2.75) is 6.92 Å². The van der Waals surface area contributed by atoms with Gasteiger partial charge in [-0.3, -0.25) is 4.98 Å². The largest absolute Gasteiger partial charge is 0.478 e. The molecule has 0 bridgehead atoms. The molecule has 1 N–H and O–H groups in total. The van der Waals surface area contributed by atoms with Gasteiger partial charge in [0.2, 0.25) is 0 Å². The molecule has 2 heterocycles. The van der Waals surface area contributed by atoms with Crippen molar-refractivity contribution in [3.05, 3.63) is 47.7 Å². The average molecular weight is 270 g/mol. The Morgan fingerprint density at radius 3 is 2.79 bits per heavy atom. The van der Waals surface area contributed by atoms with Gasteiger partial charge in [-0.25, -0.2) is 9.78 Å². The molecule has 0 saturated carbocycles. The van der Waals surface area contributed by atoms with E-state index in [0.717, 1.165) is 26.6 Å². The number of rotatable bonds is 2. The molecule has 0 atom stereocenters. The SMILES string of the molecule is Cc1cccc(-c2nc3ccc(C(=O)O)cc3s2)n1. The number of hydrogen-bond acceptors (Lipinski definition) is 4. The van der Waals surface area contributed by atoms with Crippen molar-refractivity contribution < 1.29 is 9.90 Å². The maximum absolute atomic E-state index is 10.9. The van der Waals surface area contributed by atoms with Gasteiger partial charge in [0.15, 0.2) is 0 Å². The van der Waals surface area contributed by atoms with Crippen LogP contribution in [-0.4, -0.2) is 21.0 Å². The fourth-order valence-corrected chi connectivity index (χ4v) is 2.80. The Hall–Kier alpha value is -2.27. The third kappa shape index (κ3) is 2.20. The molecule has 0 spiro atoms. The lowest BCUT2D eigenvalue weighted by Crippen LogP contribution is -1.94. The summed E-state index contributed by atoms with van der Waals surface area (Å²) in [7, 11) is 0. The summed E-state index contributed by atoms with van der Waals surface area (Å²) < 4.78 is 0.859. The molecule has 0 fully saturated rings. The van der Waals surface area contributed by atoms with Crippen LogP contribution in [0, 0.1) is 6.92 Å². The van der Waals surface area contributed by atoms with Gasteiger partial charge in [0.25, 0.3) is 0 Å². The van der Waals surface area contributed by atoms with E-state index in [0.29, 0.717) is 0 Å². The van der Waals surface area contributed by atoms with Crippen LogP contribution in [-0.2, 0) is 0 Å². The van der Waals surface area contributed by atoms with E-state index in [1.54, 1.807) is 18.2 Å². The number of nitrogens with zero attached hydrogens (tertiary/aromatic N) is 2. The number of carbonyl (C=O) groups is 1. The normalized spacial score (nSPS) is 10.8. The lowest BCUT2D eigenvalue weighted by atomic mass is 10.2. The molecular weight excluding hydrogens is 260 g/mol. The fourth-order valence-electron chi connectivity index (χ4n) is 1.83. The topological polar surface area (TPSA) is 63.1 Å². The molecule has 3 rings (SSSR count).